The Morgan fingerprint density at radius 1 is 1.20 bits per heavy atom. The van der Waals surface area contributed by atoms with E-state index in [1.54, 1.807) is 18.2 Å². The summed E-state index contributed by atoms with van der Waals surface area (Å²) in [7, 11) is 0. The van der Waals surface area contributed by atoms with Gasteiger partial charge in [0.25, 0.3) is 5.56 Å². The molecule has 0 saturated heterocycles. The third kappa shape index (κ3) is 3.49. The molecule has 1 heterocycles. The number of halogens is 2. The Morgan fingerprint density at radius 3 is 2.65 bits per heavy atom. The zero-order valence-electron chi connectivity index (χ0n) is 10.00. The lowest BCUT2D eigenvalue weighted by atomic mass is 10.2. The number of nitrogens with one attached hydrogen (secondary N) is 3. The first kappa shape index (κ1) is 14.4. The molecule has 0 bridgehead atoms. The summed E-state index contributed by atoms with van der Waals surface area (Å²) in [4.78, 5) is 38.4. The van der Waals surface area contributed by atoms with Crippen molar-refractivity contribution < 1.29 is 4.79 Å². The van der Waals surface area contributed by atoms with Crippen LogP contribution in [0.5, 0.6) is 0 Å². The number of benzene rings is 1. The van der Waals surface area contributed by atoms with Crippen LogP contribution >= 0.6 is 23.2 Å². The number of hydrogen-bond donors (Lipinski definition) is 3. The molecule has 0 saturated carbocycles. The maximum absolute atomic E-state index is 11.8. The van der Waals surface area contributed by atoms with E-state index in [-0.39, 0.29) is 17.1 Å². The Labute approximate surface area is 122 Å². The van der Waals surface area contributed by atoms with Crippen LogP contribution in [0.15, 0.2) is 33.9 Å². The maximum Gasteiger partial charge on any atom is 0.325 e. The number of aromatic amines is 2. The Balaban J connectivity index is 2.15. The highest BCUT2D eigenvalue weighted by atomic mass is 35.5. The number of H-pyrrole nitrogens is 2. The molecule has 1 amide bonds. The largest absolute Gasteiger partial charge is 0.325 e. The fraction of sp³-hybridized carbons (Fsp3) is 0.0833. The minimum Gasteiger partial charge on any atom is -0.324 e. The van der Waals surface area contributed by atoms with E-state index in [1.807, 2.05) is 4.98 Å². The van der Waals surface area contributed by atoms with E-state index in [9.17, 15) is 14.4 Å². The number of hydrogen-bond acceptors (Lipinski definition) is 3. The highest BCUT2D eigenvalue weighted by molar-refractivity contribution is 6.43. The minimum atomic E-state index is -0.666. The molecule has 2 rings (SSSR count). The number of carbonyl (C=O) groups is 1. The standard InChI is InChI=1S/C12H9Cl2N3O3/c13-7-2-1-3-8(11(7)14)16-9(18)4-6-5-10(19)17-12(20)15-6/h1-3,5H,4H2,(H,16,18)(H2,15,17,19,20). The SMILES string of the molecule is O=C(Cc1cc(=O)[nH]c(=O)[nH]1)Nc1cccc(Cl)c1Cl. The lowest BCUT2D eigenvalue weighted by Crippen LogP contribution is -2.25. The van der Waals surface area contributed by atoms with Gasteiger partial charge in [-0.25, -0.2) is 4.79 Å². The number of carbonyl (C=O) groups excluding carboxylic acids is 1. The summed E-state index contributed by atoms with van der Waals surface area (Å²) >= 11 is 11.8. The first-order chi connectivity index (χ1) is 9.45. The second kappa shape index (κ2) is 5.94. The van der Waals surface area contributed by atoms with Crippen LogP contribution in [0.1, 0.15) is 5.69 Å². The van der Waals surface area contributed by atoms with Gasteiger partial charge in [0.05, 0.1) is 22.2 Å². The van der Waals surface area contributed by atoms with Crippen LogP contribution in [0, 0.1) is 0 Å². The number of rotatable bonds is 3. The van der Waals surface area contributed by atoms with Crippen LogP contribution in [0.3, 0.4) is 0 Å². The molecule has 1 aromatic carbocycles. The van der Waals surface area contributed by atoms with E-state index >= 15 is 0 Å². The van der Waals surface area contributed by atoms with Crippen molar-refractivity contribution in [2.75, 3.05) is 5.32 Å². The molecule has 1 aromatic heterocycles. The lowest BCUT2D eigenvalue weighted by Gasteiger charge is -2.07. The first-order valence-electron chi connectivity index (χ1n) is 5.52. The van der Waals surface area contributed by atoms with Gasteiger partial charge in [0, 0.05) is 11.8 Å². The Hall–Kier alpha value is -2.05. The fourth-order valence-electron chi connectivity index (χ4n) is 1.58. The molecule has 8 heteroatoms. The molecule has 20 heavy (non-hydrogen) atoms. The van der Waals surface area contributed by atoms with Gasteiger partial charge in [-0.15, -0.1) is 0 Å². The van der Waals surface area contributed by atoms with Gasteiger partial charge in [-0.1, -0.05) is 29.3 Å². The number of amides is 1. The summed E-state index contributed by atoms with van der Waals surface area (Å²) in [5, 5.41) is 3.09. The van der Waals surface area contributed by atoms with E-state index in [1.165, 1.54) is 0 Å². The molecule has 0 unspecified atom stereocenters. The number of anilines is 1. The molecule has 0 atom stereocenters. The van der Waals surface area contributed by atoms with Crippen molar-refractivity contribution in [1.82, 2.24) is 9.97 Å². The monoisotopic (exact) mass is 313 g/mol. The predicted octanol–water partition coefficient (Wildman–Crippen LogP) is 1.55. The maximum atomic E-state index is 11.8. The molecule has 2 aromatic rings. The molecular weight excluding hydrogens is 305 g/mol. The van der Waals surface area contributed by atoms with Gasteiger partial charge in [-0.3, -0.25) is 14.6 Å². The van der Waals surface area contributed by atoms with Gasteiger partial charge in [0.2, 0.25) is 5.91 Å². The third-order valence-corrected chi connectivity index (χ3v) is 3.21. The zero-order valence-corrected chi connectivity index (χ0v) is 11.5. The normalized spacial score (nSPS) is 10.3. The first-order valence-corrected chi connectivity index (χ1v) is 6.27. The van der Waals surface area contributed by atoms with E-state index in [2.05, 4.69) is 10.3 Å². The van der Waals surface area contributed by atoms with Crippen molar-refractivity contribution in [3.63, 3.8) is 0 Å². The van der Waals surface area contributed by atoms with Crippen LogP contribution in [0.2, 0.25) is 10.0 Å². The van der Waals surface area contributed by atoms with Crippen LogP contribution < -0.4 is 16.6 Å². The van der Waals surface area contributed by atoms with Crippen molar-refractivity contribution in [2.45, 2.75) is 6.42 Å². The summed E-state index contributed by atoms with van der Waals surface area (Å²) < 4.78 is 0. The molecule has 3 N–H and O–H groups in total. The second-order valence-electron chi connectivity index (χ2n) is 3.94. The molecule has 0 aliphatic carbocycles. The molecule has 0 spiro atoms. The smallest absolute Gasteiger partial charge is 0.324 e. The van der Waals surface area contributed by atoms with Crippen molar-refractivity contribution in [3.8, 4) is 0 Å². The molecule has 0 aliphatic heterocycles. The number of aromatic nitrogens is 2. The van der Waals surface area contributed by atoms with Gasteiger partial charge in [-0.05, 0) is 12.1 Å². The topological polar surface area (TPSA) is 94.8 Å². The van der Waals surface area contributed by atoms with Crippen LogP contribution in [-0.4, -0.2) is 15.9 Å². The molecule has 0 aliphatic rings. The zero-order chi connectivity index (χ0) is 14.7. The summed E-state index contributed by atoms with van der Waals surface area (Å²) in [6, 6.07) is 5.96. The summed E-state index contributed by atoms with van der Waals surface area (Å²) in [5.41, 5.74) is -0.677. The van der Waals surface area contributed by atoms with Crippen molar-refractivity contribution in [1.29, 1.82) is 0 Å². The summed E-state index contributed by atoms with van der Waals surface area (Å²) in [5.74, 6) is -0.435. The summed E-state index contributed by atoms with van der Waals surface area (Å²) in [6.07, 6.45) is -0.165. The summed E-state index contributed by atoms with van der Waals surface area (Å²) in [6.45, 7) is 0. The molecule has 0 fully saturated rings. The minimum absolute atomic E-state index is 0.165. The fourth-order valence-corrected chi connectivity index (χ4v) is 1.93. The second-order valence-corrected chi connectivity index (χ2v) is 4.72. The van der Waals surface area contributed by atoms with Crippen LogP contribution in [0.4, 0.5) is 5.69 Å². The van der Waals surface area contributed by atoms with Crippen LogP contribution in [-0.2, 0) is 11.2 Å². The Kier molecular flexibility index (Phi) is 4.26. The molecule has 104 valence electrons. The van der Waals surface area contributed by atoms with E-state index in [0.29, 0.717) is 10.7 Å². The van der Waals surface area contributed by atoms with Gasteiger partial charge in [0.1, 0.15) is 0 Å². The molecule has 0 radical (unpaired) electrons. The quantitative estimate of drug-likeness (QED) is 0.802. The van der Waals surface area contributed by atoms with Gasteiger partial charge < -0.3 is 10.3 Å². The predicted molar refractivity (Wildman–Crippen MR) is 76.5 cm³/mol. The van der Waals surface area contributed by atoms with Crippen LogP contribution in [0.25, 0.3) is 0 Å². The lowest BCUT2D eigenvalue weighted by molar-refractivity contribution is -0.115. The van der Waals surface area contributed by atoms with Crippen molar-refractivity contribution in [2.24, 2.45) is 0 Å². The van der Waals surface area contributed by atoms with Crippen molar-refractivity contribution >= 4 is 34.8 Å². The van der Waals surface area contributed by atoms with E-state index < -0.39 is 17.2 Å². The van der Waals surface area contributed by atoms with Gasteiger partial charge >= 0.3 is 5.69 Å². The molecular formula is C12H9Cl2N3O3. The Bertz CT molecular complexity index is 739. The van der Waals surface area contributed by atoms with E-state index in [0.717, 1.165) is 6.07 Å². The highest BCUT2D eigenvalue weighted by Crippen LogP contribution is 2.29. The van der Waals surface area contributed by atoms with E-state index in [4.69, 9.17) is 23.2 Å². The highest BCUT2D eigenvalue weighted by Gasteiger charge is 2.09. The molecule has 6 nitrogen and oxygen atoms in total. The average Bonchev–Trinajstić information content (AvgIpc) is 2.33. The van der Waals surface area contributed by atoms with Crippen molar-refractivity contribution in [3.05, 3.63) is 60.8 Å². The average molecular weight is 314 g/mol. The Morgan fingerprint density at radius 2 is 1.95 bits per heavy atom. The van der Waals surface area contributed by atoms with Gasteiger partial charge in [-0.2, -0.15) is 0 Å². The van der Waals surface area contributed by atoms with Gasteiger partial charge in [0.15, 0.2) is 0 Å². The third-order valence-electron chi connectivity index (χ3n) is 2.39.